The van der Waals surface area contributed by atoms with Gasteiger partial charge in [-0.1, -0.05) is 65.4 Å². The molecule has 5 rings (SSSR count). The van der Waals surface area contributed by atoms with Crippen LogP contribution in [0.25, 0.3) is 33.2 Å². The number of fused-ring (bicyclic) bond motifs is 2. The molecule has 6 heteroatoms. The molecular formula is C24H18N4O2. The number of hydrogen-bond donors (Lipinski definition) is 0. The van der Waals surface area contributed by atoms with Gasteiger partial charge in [-0.2, -0.15) is 0 Å². The predicted molar refractivity (Wildman–Crippen MR) is 115 cm³/mol. The molecule has 146 valence electrons. The predicted octanol–water partition coefficient (Wildman–Crippen LogP) is 4.77. The summed E-state index contributed by atoms with van der Waals surface area (Å²) in [5.74, 6) is -0.429. The quantitative estimate of drug-likeness (QED) is 0.411. The number of nitrogens with zero attached hydrogens (tertiary/aromatic N) is 4. The Morgan fingerprint density at radius 2 is 1.67 bits per heavy atom. The van der Waals surface area contributed by atoms with Crippen LogP contribution in [0.2, 0.25) is 0 Å². The first-order chi connectivity index (χ1) is 14.7. The molecule has 2 heterocycles. The molecule has 0 fully saturated rings. The maximum atomic E-state index is 13.0. The van der Waals surface area contributed by atoms with E-state index in [4.69, 9.17) is 9.72 Å². The number of pyridine rings is 1. The van der Waals surface area contributed by atoms with Crippen LogP contribution in [-0.4, -0.2) is 25.9 Å². The van der Waals surface area contributed by atoms with E-state index in [-0.39, 0.29) is 6.73 Å². The zero-order valence-electron chi connectivity index (χ0n) is 16.3. The van der Waals surface area contributed by atoms with E-state index < -0.39 is 5.97 Å². The topological polar surface area (TPSA) is 69.9 Å². The van der Waals surface area contributed by atoms with E-state index in [2.05, 4.69) is 10.3 Å². The van der Waals surface area contributed by atoms with Gasteiger partial charge >= 0.3 is 5.97 Å². The number of ether oxygens (including phenoxy) is 1. The molecule has 5 aromatic rings. The molecule has 0 atom stereocenters. The summed E-state index contributed by atoms with van der Waals surface area (Å²) in [5, 5.41) is 8.92. The number of esters is 1. The van der Waals surface area contributed by atoms with Crippen molar-refractivity contribution in [3.05, 3.63) is 90.0 Å². The zero-order valence-corrected chi connectivity index (χ0v) is 16.3. The molecule has 0 aliphatic rings. The molecular weight excluding hydrogens is 376 g/mol. The molecule has 3 aromatic carbocycles. The summed E-state index contributed by atoms with van der Waals surface area (Å²) < 4.78 is 7.16. The van der Waals surface area contributed by atoms with Gasteiger partial charge in [-0.25, -0.2) is 14.5 Å². The summed E-state index contributed by atoms with van der Waals surface area (Å²) in [6.07, 6.45) is 0. The molecule has 6 nitrogen and oxygen atoms in total. The summed E-state index contributed by atoms with van der Waals surface area (Å²) in [5.41, 5.74) is 5.62. The fourth-order valence-corrected chi connectivity index (χ4v) is 3.43. The van der Waals surface area contributed by atoms with Crippen LogP contribution in [0.5, 0.6) is 0 Å². The van der Waals surface area contributed by atoms with E-state index in [1.165, 1.54) is 5.56 Å². The summed E-state index contributed by atoms with van der Waals surface area (Å²) in [4.78, 5) is 17.7. The van der Waals surface area contributed by atoms with Crippen molar-refractivity contribution in [1.82, 2.24) is 20.0 Å². The Hall–Kier alpha value is -4.06. The molecule has 0 aliphatic heterocycles. The van der Waals surface area contributed by atoms with Crippen LogP contribution < -0.4 is 0 Å². The second-order valence-corrected chi connectivity index (χ2v) is 7.08. The molecule has 0 N–H and O–H groups in total. The minimum Gasteiger partial charge on any atom is -0.439 e. The van der Waals surface area contributed by atoms with Gasteiger partial charge in [-0.3, -0.25) is 0 Å². The van der Waals surface area contributed by atoms with E-state index >= 15 is 0 Å². The Bertz CT molecular complexity index is 1370. The van der Waals surface area contributed by atoms with Crippen molar-refractivity contribution in [2.75, 3.05) is 0 Å². The van der Waals surface area contributed by atoms with Crippen molar-refractivity contribution in [1.29, 1.82) is 0 Å². The smallest absolute Gasteiger partial charge is 0.340 e. The van der Waals surface area contributed by atoms with E-state index in [1.54, 1.807) is 10.7 Å². The molecule has 0 amide bonds. The minimum absolute atomic E-state index is 0.0180. The Morgan fingerprint density at radius 3 is 2.50 bits per heavy atom. The van der Waals surface area contributed by atoms with Crippen molar-refractivity contribution in [3.8, 4) is 11.3 Å². The number of carbonyl (C=O) groups excluding carboxylic acids is 1. The number of para-hydroxylation sites is 2. The van der Waals surface area contributed by atoms with E-state index in [9.17, 15) is 4.79 Å². The number of carbonyl (C=O) groups is 1. The number of benzene rings is 3. The van der Waals surface area contributed by atoms with Gasteiger partial charge in [0.05, 0.1) is 22.3 Å². The monoisotopic (exact) mass is 394 g/mol. The molecule has 0 radical (unpaired) electrons. The van der Waals surface area contributed by atoms with Crippen LogP contribution in [0.4, 0.5) is 0 Å². The maximum absolute atomic E-state index is 13.0. The molecule has 30 heavy (non-hydrogen) atoms. The first kappa shape index (κ1) is 18.0. The van der Waals surface area contributed by atoms with Gasteiger partial charge in [0.1, 0.15) is 5.52 Å². The standard InChI is InChI=1S/C24H18N4O2/c1-16-10-12-17(13-11-16)22-14-19(18-6-2-3-7-20(18)25-22)24(29)30-15-28-23-9-5-4-8-21(23)26-27-28/h2-14H,15H2,1H3. The number of hydrogen-bond acceptors (Lipinski definition) is 5. The van der Waals surface area contributed by atoms with Crippen molar-refractivity contribution < 1.29 is 9.53 Å². The van der Waals surface area contributed by atoms with Crippen LogP contribution >= 0.6 is 0 Å². The lowest BCUT2D eigenvalue weighted by Crippen LogP contribution is -2.12. The summed E-state index contributed by atoms with van der Waals surface area (Å²) >= 11 is 0. The minimum atomic E-state index is -0.429. The number of rotatable bonds is 4. The van der Waals surface area contributed by atoms with Crippen LogP contribution in [0, 0.1) is 6.92 Å². The largest absolute Gasteiger partial charge is 0.439 e. The third-order valence-corrected chi connectivity index (χ3v) is 5.02. The Kier molecular flexibility index (Phi) is 4.44. The third kappa shape index (κ3) is 3.28. The van der Waals surface area contributed by atoms with E-state index in [0.717, 1.165) is 33.2 Å². The molecule has 0 saturated carbocycles. The highest BCUT2D eigenvalue weighted by atomic mass is 16.5. The average Bonchev–Trinajstić information content (AvgIpc) is 3.20. The first-order valence-electron chi connectivity index (χ1n) is 9.61. The lowest BCUT2D eigenvalue weighted by Gasteiger charge is -2.10. The molecule has 2 aromatic heterocycles. The molecule has 0 saturated heterocycles. The Balaban J connectivity index is 1.50. The van der Waals surface area contributed by atoms with Gasteiger partial charge in [0.2, 0.25) is 0 Å². The first-order valence-corrected chi connectivity index (χ1v) is 9.61. The average molecular weight is 394 g/mol. The molecule has 0 unspecified atom stereocenters. The Morgan fingerprint density at radius 1 is 0.933 bits per heavy atom. The van der Waals surface area contributed by atoms with Crippen LogP contribution in [0.1, 0.15) is 15.9 Å². The summed E-state index contributed by atoms with van der Waals surface area (Å²) in [7, 11) is 0. The lowest BCUT2D eigenvalue weighted by atomic mass is 10.0. The van der Waals surface area contributed by atoms with Crippen molar-refractivity contribution in [2.45, 2.75) is 13.7 Å². The van der Waals surface area contributed by atoms with E-state index in [0.29, 0.717) is 5.56 Å². The van der Waals surface area contributed by atoms with Crippen molar-refractivity contribution in [2.24, 2.45) is 0 Å². The highest BCUT2D eigenvalue weighted by Crippen LogP contribution is 2.26. The summed E-state index contributed by atoms with van der Waals surface area (Å²) in [6.45, 7) is 2.02. The zero-order chi connectivity index (χ0) is 20.5. The van der Waals surface area contributed by atoms with Crippen LogP contribution in [-0.2, 0) is 11.5 Å². The highest BCUT2D eigenvalue weighted by Gasteiger charge is 2.16. The van der Waals surface area contributed by atoms with Gasteiger partial charge in [0.25, 0.3) is 0 Å². The summed E-state index contributed by atoms with van der Waals surface area (Å²) in [6, 6.07) is 25.0. The molecule has 0 aliphatic carbocycles. The SMILES string of the molecule is Cc1ccc(-c2cc(C(=O)OCn3nnc4ccccc43)c3ccccc3n2)cc1. The van der Waals surface area contributed by atoms with Gasteiger partial charge in [0.15, 0.2) is 6.73 Å². The van der Waals surface area contributed by atoms with Gasteiger partial charge < -0.3 is 4.74 Å². The van der Waals surface area contributed by atoms with E-state index in [1.807, 2.05) is 79.7 Å². The van der Waals surface area contributed by atoms with Crippen LogP contribution in [0.15, 0.2) is 78.9 Å². The van der Waals surface area contributed by atoms with Crippen LogP contribution in [0.3, 0.4) is 0 Å². The molecule has 0 bridgehead atoms. The van der Waals surface area contributed by atoms with Gasteiger partial charge in [-0.05, 0) is 31.2 Å². The fraction of sp³-hybridized carbons (Fsp3) is 0.0833. The highest BCUT2D eigenvalue weighted by molar-refractivity contribution is 6.04. The van der Waals surface area contributed by atoms with Crippen molar-refractivity contribution >= 4 is 27.9 Å². The van der Waals surface area contributed by atoms with Crippen molar-refractivity contribution in [3.63, 3.8) is 0 Å². The second-order valence-electron chi connectivity index (χ2n) is 7.08. The maximum Gasteiger partial charge on any atom is 0.340 e. The number of aromatic nitrogens is 4. The third-order valence-electron chi connectivity index (χ3n) is 5.02. The normalized spacial score (nSPS) is 11.1. The van der Waals surface area contributed by atoms with Gasteiger partial charge in [-0.15, -0.1) is 5.10 Å². The molecule has 0 spiro atoms. The fourth-order valence-electron chi connectivity index (χ4n) is 3.43. The van der Waals surface area contributed by atoms with Gasteiger partial charge in [0, 0.05) is 10.9 Å². The lowest BCUT2D eigenvalue weighted by molar-refractivity contribution is 0.0357. The number of aryl methyl sites for hydroxylation is 1. The second kappa shape index (κ2) is 7.40. The Labute approximate surface area is 172 Å².